The standard InChI is InChI=1S/C10H15N3O2S/c1-4-5(14)8-7(11)6(9(15)12-2)10(13-3)16-8/h13H,4,11H2,1-3H3,(H,12,15). The van der Waals surface area contributed by atoms with Crippen LogP contribution in [0.2, 0.25) is 0 Å². The number of nitrogen functional groups attached to an aromatic ring is 1. The SMILES string of the molecule is CCC(=O)c1sc(NC)c(C(=O)NC)c1N. The van der Waals surface area contributed by atoms with E-state index in [4.69, 9.17) is 5.73 Å². The Morgan fingerprint density at radius 2 is 2.00 bits per heavy atom. The van der Waals surface area contributed by atoms with Crippen LogP contribution >= 0.6 is 11.3 Å². The van der Waals surface area contributed by atoms with Gasteiger partial charge < -0.3 is 16.4 Å². The van der Waals surface area contributed by atoms with E-state index in [9.17, 15) is 9.59 Å². The molecule has 0 radical (unpaired) electrons. The molecule has 1 rings (SSSR count). The normalized spacial score (nSPS) is 9.94. The number of Topliss-reactive ketones (excluding diaryl/α,β-unsaturated/α-hetero) is 1. The molecule has 0 atom stereocenters. The summed E-state index contributed by atoms with van der Waals surface area (Å²) in [5, 5.41) is 6.00. The smallest absolute Gasteiger partial charge is 0.256 e. The Bertz CT molecular complexity index is 426. The number of nitrogens with two attached hydrogens (primary N) is 1. The highest BCUT2D eigenvalue weighted by Crippen LogP contribution is 2.36. The van der Waals surface area contributed by atoms with Crippen LogP contribution in [0, 0.1) is 0 Å². The lowest BCUT2D eigenvalue weighted by Gasteiger charge is -2.02. The highest BCUT2D eigenvalue weighted by Gasteiger charge is 2.23. The molecule has 6 heteroatoms. The number of ketones is 1. The number of nitrogens with one attached hydrogen (secondary N) is 2. The summed E-state index contributed by atoms with van der Waals surface area (Å²) < 4.78 is 0. The van der Waals surface area contributed by atoms with Gasteiger partial charge in [0.2, 0.25) is 0 Å². The maximum Gasteiger partial charge on any atom is 0.256 e. The fourth-order valence-corrected chi connectivity index (χ4v) is 2.42. The molecule has 1 amide bonds. The van der Waals surface area contributed by atoms with Gasteiger partial charge in [-0.2, -0.15) is 0 Å². The van der Waals surface area contributed by atoms with E-state index >= 15 is 0 Å². The van der Waals surface area contributed by atoms with Crippen LogP contribution < -0.4 is 16.4 Å². The lowest BCUT2D eigenvalue weighted by Crippen LogP contribution is -2.19. The van der Waals surface area contributed by atoms with Gasteiger partial charge in [-0.05, 0) is 0 Å². The van der Waals surface area contributed by atoms with E-state index < -0.39 is 0 Å². The lowest BCUT2D eigenvalue weighted by molar-refractivity contribution is 0.0965. The highest BCUT2D eigenvalue weighted by molar-refractivity contribution is 7.19. The van der Waals surface area contributed by atoms with Crippen LogP contribution in [-0.4, -0.2) is 25.8 Å². The second kappa shape index (κ2) is 4.98. The van der Waals surface area contributed by atoms with Crippen LogP contribution in [0.4, 0.5) is 10.7 Å². The lowest BCUT2D eigenvalue weighted by atomic mass is 10.1. The summed E-state index contributed by atoms with van der Waals surface area (Å²) in [5.74, 6) is -0.331. The first kappa shape index (κ1) is 12.5. The maximum atomic E-state index is 11.6. The van der Waals surface area contributed by atoms with Crippen molar-refractivity contribution >= 4 is 33.7 Å². The Kier molecular flexibility index (Phi) is 3.89. The number of amides is 1. The summed E-state index contributed by atoms with van der Waals surface area (Å²) in [7, 11) is 3.22. The maximum absolute atomic E-state index is 11.6. The summed E-state index contributed by atoms with van der Waals surface area (Å²) in [5.41, 5.74) is 6.44. The summed E-state index contributed by atoms with van der Waals surface area (Å²) >= 11 is 1.22. The Balaban J connectivity index is 3.32. The summed E-state index contributed by atoms with van der Waals surface area (Å²) in [4.78, 5) is 23.6. The molecule has 0 aliphatic heterocycles. The predicted octanol–water partition coefficient (Wildman–Crippen LogP) is 1.32. The van der Waals surface area contributed by atoms with Crippen LogP contribution in [0.3, 0.4) is 0 Å². The van der Waals surface area contributed by atoms with E-state index in [1.165, 1.54) is 18.4 Å². The molecule has 0 aromatic carbocycles. The number of anilines is 2. The van der Waals surface area contributed by atoms with Gasteiger partial charge in [-0.25, -0.2) is 0 Å². The Morgan fingerprint density at radius 1 is 1.38 bits per heavy atom. The molecule has 1 heterocycles. The van der Waals surface area contributed by atoms with Gasteiger partial charge >= 0.3 is 0 Å². The van der Waals surface area contributed by atoms with Crippen LogP contribution in [0.25, 0.3) is 0 Å². The highest BCUT2D eigenvalue weighted by atomic mass is 32.1. The average Bonchev–Trinajstić information content (AvgIpc) is 2.64. The first-order valence-electron chi connectivity index (χ1n) is 4.92. The fraction of sp³-hybridized carbons (Fsp3) is 0.400. The molecule has 0 unspecified atom stereocenters. The van der Waals surface area contributed by atoms with Gasteiger partial charge in [-0.1, -0.05) is 6.92 Å². The minimum absolute atomic E-state index is 0.0471. The first-order chi connectivity index (χ1) is 7.56. The third kappa shape index (κ3) is 2.01. The largest absolute Gasteiger partial charge is 0.397 e. The quantitative estimate of drug-likeness (QED) is 0.694. The number of hydrogen-bond acceptors (Lipinski definition) is 5. The third-order valence-electron chi connectivity index (χ3n) is 2.20. The molecule has 0 saturated carbocycles. The molecule has 0 fully saturated rings. The molecule has 5 nitrogen and oxygen atoms in total. The summed E-state index contributed by atoms with van der Waals surface area (Å²) in [6.45, 7) is 1.76. The zero-order valence-electron chi connectivity index (χ0n) is 9.51. The molecule has 0 aliphatic rings. The van der Waals surface area contributed by atoms with Crippen molar-refractivity contribution in [3.8, 4) is 0 Å². The molecule has 0 spiro atoms. The van der Waals surface area contributed by atoms with E-state index in [1.807, 2.05) is 0 Å². The van der Waals surface area contributed by atoms with Crippen molar-refractivity contribution in [1.82, 2.24) is 5.32 Å². The number of carbonyl (C=O) groups excluding carboxylic acids is 2. The summed E-state index contributed by atoms with van der Waals surface area (Å²) in [6.07, 6.45) is 0.376. The van der Waals surface area contributed by atoms with E-state index in [0.717, 1.165) is 0 Å². The van der Waals surface area contributed by atoms with E-state index in [-0.39, 0.29) is 17.4 Å². The van der Waals surface area contributed by atoms with Crippen molar-refractivity contribution in [1.29, 1.82) is 0 Å². The molecule has 16 heavy (non-hydrogen) atoms. The number of hydrogen-bond donors (Lipinski definition) is 3. The molecule has 0 bridgehead atoms. The molecular formula is C10H15N3O2S. The fourth-order valence-electron chi connectivity index (χ4n) is 1.34. The van der Waals surface area contributed by atoms with E-state index in [2.05, 4.69) is 10.6 Å². The van der Waals surface area contributed by atoms with Crippen LogP contribution in [0.15, 0.2) is 0 Å². The van der Waals surface area contributed by atoms with Gasteiger partial charge in [0.15, 0.2) is 5.78 Å². The van der Waals surface area contributed by atoms with Crippen molar-refractivity contribution < 1.29 is 9.59 Å². The van der Waals surface area contributed by atoms with E-state index in [1.54, 1.807) is 14.0 Å². The predicted molar refractivity (Wildman–Crippen MR) is 66.3 cm³/mol. The van der Waals surface area contributed by atoms with Crippen molar-refractivity contribution in [2.45, 2.75) is 13.3 Å². The third-order valence-corrected chi connectivity index (χ3v) is 3.46. The number of carbonyl (C=O) groups is 2. The number of thiophene rings is 1. The van der Waals surface area contributed by atoms with Gasteiger partial charge in [-0.15, -0.1) is 11.3 Å². The van der Waals surface area contributed by atoms with Gasteiger partial charge in [0.1, 0.15) is 5.00 Å². The average molecular weight is 241 g/mol. The van der Waals surface area contributed by atoms with Crippen LogP contribution in [-0.2, 0) is 0 Å². The topological polar surface area (TPSA) is 84.2 Å². The molecule has 88 valence electrons. The van der Waals surface area contributed by atoms with Gasteiger partial charge in [-0.3, -0.25) is 9.59 Å². The van der Waals surface area contributed by atoms with Crippen molar-refractivity contribution in [3.63, 3.8) is 0 Å². The zero-order valence-corrected chi connectivity index (χ0v) is 10.3. The Hall–Kier alpha value is -1.56. The molecule has 0 aliphatic carbocycles. The van der Waals surface area contributed by atoms with Crippen LogP contribution in [0.5, 0.6) is 0 Å². The van der Waals surface area contributed by atoms with E-state index in [0.29, 0.717) is 21.9 Å². The second-order valence-corrected chi connectivity index (χ2v) is 4.18. The zero-order chi connectivity index (χ0) is 12.3. The molecule has 1 aromatic rings. The molecule has 0 saturated heterocycles. The number of rotatable bonds is 4. The molecular weight excluding hydrogens is 226 g/mol. The minimum Gasteiger partial charge on any atom is -0.397 e. The summed E-state index contributed by atoms with van der Waals surface area (Å²) in [6, 6.07) is 0. The Labute approximate surface area is 98.0 Å². The second-order valence-electron chi connectivity index (χ2n) is 3.15. The molecule has 1 aromatic heterocycles. The molecule has 4 N–H and O–H groups in total. The first-order valence-corrected chi connectivity index (χ1v) is 5.73. The van der Waals surface area contributed by atoms with Gasteiger partial charge in [0.25, 0.3) is 5.91 Å². The monoisotopic (exact) mass is 241 g/mol. The van der Waals surface area contributed by atoms with Crippen LogP contribution in [0.1, 0.15) is 33.4 Å². The van der Waals surface area contributed by atoms with Crippen molar-refractivity contribution in [2.24, 2.45) is 0 Å². The van der Waals surface area contributed by atoms with Gasteiger partial charge in [0.05, 0.1) is 16.1 Å². The van der Waals surface area contributed by atoms with Crippen molar-refractivity contribution in [2.75, 3.05) is 25.1 Å². The van der Waals surface area contributed by atoms with Gasteiger partial charge in [0, 0.05) is 20.5 Å². The Morgan fingerprint density at radius 3 is 2.44 bits per heavy atom. The van der Waals surface area contributed by atoms with Crippen molar-refractivity contribution in [3.05, 3.63) is 10.4 Å². The minimum atomic E-state index is -0.284.